The zero-order chi connectivity index (χ0) is 11.3. The van der Waals surface area contributed by atoms with Crippen molar-refractivity contribution < 1.29 is 4.79 Å². The van der Waals surface area contributed by atoms with Crippen LogP contribution in [0.15, 0.2) is 11.6 Å². The van der Waals surface area contributed by atoms with Gasteiger partial charge in [-0.2, -0.15) is 0 Å². The molecule has 15 heavy (non-hydrogen) atoms. The van der Waals surface area contributed by atoms with Crippen LogP contribution >= 0.6 is 0 Å². The molecule has 0 amide bonds. The normalized spacial score (nSPS) is 21.4. The largest absolute Gasteiger partial charge is 0.319 e. The van der Waals surface area contributed by atoms with Crippen molar-refractivity contribution in [3.05, 3.63) is 11.6 Å². The Labute approximate surface area is 92.9 Å². The van der Waals surface area contributed by atoms with E-state index in [9.17, 15) is 4.79 Å². The first kappa shape index (κ1) is 12.4. The molecular formula is C13H23NO. The summed E-state index contributed by atoms with van der Waals surface area (Å²) in [5.41, 5.74) is 6.39. The molecule has 1 rings (SSSR count). The van der Waals surface area contributed by atoms with E-state index < -0.39 is 5.54 Å². The van der Waals surface area contributed by atoms with Crippen molar-refractivity contribution in [3.8, 4) is 0 Å². The second-order valence-corrected chi connectivity index (χ2v) is 4.83. The predicted octanol–water partition coefficient (Wildman–Crippen LogP) is 2.96. The van der Waals surface area contributed by atoms with E-state index in [0.29, 0.717) is 0 Å². The van der Waals surface area contributed by atoms with Gasteiger partial charge in [-0.25, -0.2) is 0 Å². The summed E-state index contributed by atoms with van der Waals surface area (Å²) in [7, 11) is 0. The van der Waals surface area contributed by atoms with Crippen molar-refractivity contribution in [2.24, 2.45) is 5.73 Å². The second-order valence-electron chi connectivity index (χ2n) is 4.83. The van der Waals surface area contributed by atoms with Crippen LogP contribution in [0.2, 0.25) is 0 Å². The Balaban J connectivity index is 2.69. The Bertz CT molecular complexity index is 253. The van der Waals surface area contributed by atoms with E-state index in [2.05, 4.69) is 13.0 Å². The van der Waals surface area contributed by atoms with E-state index in [1.54, 1.807) is 0 Å². The number of allylic oxidation sites excluding steroid dienone is 1. The Hall–Kier alpha value is -0.630. The molecule has 2 N–H and O–H groups in total. The molecule has 2 nitrogen and oxygen atoms in total. The van der Waals surface area contributed by atoms with E-state index in [4.69, 9.17) is 5.73 Å². The summed E-state index contributed by atoms with van der Waals surface area (Å²) in [5, 5.41) is 0. The molecule has 0 saturated carbocycles. The van der Waals surface area contributed by atoms with E-state index >= 15 is 0 Å². The molecule has 1 unspecified atom stereocenters. The molecule has 0 radical (unpaired) electrons. The lowest BCUT2D eigenvalue weighted by Gasteiger charge is -2.23. The van der Waals surface area contributed by atoms with Crippen LogP contribution in [0.5, 0.6) is 0 Å². The van der Waals surface area contributed by atoms with Gasteiger partial charge in [0.25, 0.3) is 0 Å². The molecule has 86 valence electrons. The monoisotopic (exact) mass is 209 g/mol. The fourth-order valence-corrected chi connectivity index (χ4v) is 2.22. The predicted molar refractivity (Wildman–Crippen MR) is 63.7 cm³/mol. The van der Waals surface area contributed by atoms with Crippen molar-refractivity contribution in [2.75, 3.05) is 0 Å². The maximum atomic E-state index is 12.2. The lowest BCUT2D eigenvalue weighted by Crippen LogP contribution is -2.45. The van der Waals surface area contributed by atoms with E-state index in [1.165, 1.54) is 12.8 Å². The summed E-state index contributed by atoms with van der Waals surface area (Å²) in [4.78, 5) is 12.2. The van der Waals surface area contributed by atoms with E-state index in [-0.39, 0.29) is 5.78 Å². The third-order valence-electron chi connectivity index (χ3n) is 3.12. The Kier molecular flexibility index (Phi) is 4.52. The van der Waals surface area contributed by atoms with Crippen LogP contribution in [-0.4, -0.2) is 11.3 Å². The highest BCUT2D eigenvalue weighted by Crippen LogP contribution is 2.23. The maximum Gasteiger partial charge on any atom is 0.178 e. The van der Waals surface area contributed by atoms with Gasteiger partial charge in [-0.1, -0.05) is 25.8 Å². The van der Waals surface area contributed by atoms with Crippen LogP contribution in [0.3, 0.4) is 0 Å². The fourth-order valence-electron chi connectivity index (χ4n) is 2.22. The van der Waals surface area contributed by atoms with E-state index in [0.717, 1.165) is 37.7 Å². The summed E-state index contributed by atoms with van der Waals surface area (Å²) in [6.07, 6.45) is 9.41. The number of hydrogen-bond acceptors (Lipinski definition) is 2. The highest BCUT2D eigenvalue weighted by Gasteiger charge is 2.29. The molecule has 1 atom stereocenters. The average molecular weight is 209 g/mol. The zero-order valence-electron chi connectivity index (χ0n) is 10.0. The molecule has 0 heterocycles. The summed E-state index contributed by atoms with van der Waals surface area (Å²) in [6.45, 7) is 3.93. The minimum absolute atomic E-state index is 0.172. The van der Waals surface area contributed by atoms with E-state index in [1.807, 2.05) is 6.92 Å². The number of carbonyl (C=O) groups excluding carboxylic acids is 1. The fraction of sp³-hybridized carbons (Fsp3) is 0.769. The lowest BCUT2D eigenvalue weighted by molar-refractivity contribution is -0.120. The molecule has 0 aromatic carbocycles. The molecule has 0 aliphatic heterocycles. The highest BCUT2D eigenvalue weighted by atomic mass is 16.1. The average Bonchev–Trinajstić information content (AvgIpc) is 2.44. The third-order valence-corrected chi connectivity index (χ3v) is 3.12. The first-order valence-corrected chi connectivity index (χ1v) is 6.10. The van der Waals surface area contributed by atoms with Gasteiger partial charge in [0.05, 0.1) is 5.54 Å². The summed E-state index contributed by atoms with van der Waals surface area (Å²) in [6, 6.07) is 0. The first-order valence-electron chi connectivity index (χ1n) is 6.10. The van der Waals surface area contributed by atoms with Gasteiger partial charge < -0.3 is 5.73 Å². The number of Topliss-reactive ketones (excluding diaryl/α,β-unsaturated/α-hetero) is 1. The van der Waals surface area contributed by atoms with Crippen molar-refractivity contribution in [2.45, 2.75) is 64.3 Å². The quantitative estimate of drug-likeness (QED) is 0.773. The SMILES string of the molecule is CCCC(C)(N)C(=O)C1=CCCCCC1. The van der Waals surface area contributed by atoms with Crippen LogP contribution in [0, 0.1) is 0 Å². The van der Waals surface area contributed by atoms with Gasteiger partial charge in [0.15, 0.2) is 5.78 Å². The number of rotatable bonds is 4. The third kappa shape index (κ3) is 3.45. The van der Waals surface area contributed by atoms with Gasteiger partial charge >= 0.3 is 0 Å². The van der Waals surface area contributed by atoms with Crippen LogP contribution < -0.4 is 5.73 Å². The van der Waals surface area contributed by atoms with Gasteiger partial charge in [-0.3, -0.25) is 4.79 Å². The molecule has 0 spiro atoms. The molecule has 0 fully saturated rings. The van der Waals surface area contributed by atoms with Crippen molar-refractivity contribution >= 4 is 5.78 Å². The van der Waals surface area contributed by atoms with Crippen LogP contribution in [-0.2, 0) is 4.79 Å². The van der Waals surface area contributed by atoms with Crippen molar-refractivity contribution in [1.82, 2.24) is 0 Å². The van der Waals surface area contributed by atoms with Gasteiger partial charge in [-0.05, 0) is 44.6 Å². The van der Waals surface area contributed by atoms with Crippen LogP contribution in [0.1, 0.15) is 58.8 Å². The minimum Gasteiger partial charge on any atom is -0.319 e. The number of ketones is 1. The van der Waals surface area contributed by atoms with Gasteiger partial charge in [0, 0.05) is 0 Å². The highest BCUT2D eigenvalue weighted by molar-refractivity contribution is 6.02. The topological polar surface area (TPSA) is 43.1 Å². The van der Waals surface area contributed by atoms with Crippen LogP contribution in [0.25, 0.3) is 0 Å². The second kappa shape index (κ2) is 5.45. The summed E-state index contributed by atoms with van der Waals surface area (Å²) >= 11 is 0. The minimum atomic E-state index is -0.648. The first-order chi connectivity index (χ1) is 7.08. The molecule has 1 aliphatic carbocycles. The molecule has 0 aromatic heterocycles. The Morgan fingerprint density at radius 2 is 2.20 bits per heavy atom. The Morgan fingerprint density at radius 3 is 2.87 bits per heavy atom. The summed E-state index contributed by atoms with van der Waals surface area (Å²) < 4.78 is 0. The zero-order valence-corrected chi connectivity index (χ0v) is 10.0. The van der Waals surface area contributed by atoms with Gasteiger partial charge in [-0.15, -0.1) is 0 Å². The van der Waals surface area contributed by atoms with Crippen molar-refractivity contribution in [1.29, 1.82) is 0 Å². The number of nitrogens with two attached hydrogens (primary N) is 1. The van der Waals surface area contributed by atoms with Gasteiger partial charge in [0.2, 0.25) is 0 Å². The maximum absolute atomic E-state index is 12.2. The van der Waals surface area contributed by atoms with Gasteiger partial charge in [0.1, 0.15) is 0 Å². The lowest BCUT2D eigenvalue weighted by atomic mass is 9.86. The number of carbonyl (C=O) groups is 1. The number of hydrogen-bond donors (Lipinski definition) is 1. The molecule has 0 bridgehead atoms. The molecule has 2 heteroatoms. The van der Waals surface area contributed by atoms with Crippen molar-refractivity contribution in [3.63, 3.8) is 0 Å². The molecule has 0 aromatic rings. The van der Waals surface area contributed by atoms with Crippen LogP contribution in [0.4, 0.5) is 0 Å². The molecule has 0 saturated heterocycles. The molecular weight excluding hydrogens is 186 g/mol. The standard InChI is InChI=1S/C13H23NO/c1-3-10-13(2,14)12(15)11-8-6-4-5-7-9-11/h8H,3-7,9-10,14H2,1-2H3. The summed E-state index contributed by atoms with van der Waals surface area (Å²) in [5.74, 6) is 0.172. The Morgan fingerprint density at radius 1 is 1.47 bits per heavy atom. The molecule has 1 aliphatic rings. The smallest absolute Gasteiger partial charge is 0.178 e.